The first-order valence-corrected chi connectivity index (χ1v) is 6.02. The van der Waals surface area contributed by atoms with E-state index in [1.807, 2.05) is 23.6 Å². The van der Waals surface area contributed by atoms with E-state index in [9.17, 15) is 5.11 Å². The number of halogens is 1. The molecule has 0 spiro atoms. The van der Waals surface area contributed by atoms with Gasteiger partial charge in [-0.15, -0.1) is 11.3 Å². The molecule has 0 saturated carbocycles. The summed E-state index contributed by atoms with van der Waals surface area (Å²) in [6.07, 6.45) is -0.646. The topological polar surface area (TPSA) is 29.5 Å². The number of thiophene rings is 1. The van der Waals surface area contributed by atoms with Gasteiger partial charge in [0.15, 0.2) is 0 Å². The number of rotatable bonds is 3. The molecule has 1 unspecified atom stereocenters. The maximum Gasteiger partial charge on any atom is 0.129 e. The van der Waals surface area contributed by atoms with Gasteiger partial charge >= 0.3 is 0 Å². The molecule has 2 nitrogen and oxygen atoms in total. The molecule has 1 atom stereocenters. The predicted octanol–water partition coefficient (Wildman–Crippen LogP) is 3.49. The van der Waals surface area contributed by atoms with Gasteiger partial charge in [0, 0.05) is 15.3 Å². The quantitative estimate of drug-likeness (QED) is 0.909. The highest BCUT2D eigenvalue weighted by molar-refractivity contribution is 7.10. The minimum Gasteiger partial charge on any atom is -0.496 e. The van der Waals surface area contributed by atoms with Crippen LogP contribution in [0.3, 0.4) is 0 Å². The Kier molecular flexibility index (Phi) is 3.49. The van der Waals surface area contributed by atoms with E-state index in [-0.39, 0.29) is 0 Å². The van der Waals surface area contributed by atoms with Crippen molar-refractivity contribution in [3.05, 3.63) is 51.2 Å². The van der Waals surface area contributed by atoms with Crippen LogP contribution < -0.4 is 4.74 Å². The number of ether oxygens (including phenoxy) is 1. The highest BCUT2D eigenvalue weighted by atomic mass is 35.5. The van der Waals surface area contributed by atoms with E-state index < -0.39 is 6.10 Å². The number of aliphatic hydroxyl groups excluding tert-OH is 1. The Morgan fingerprint density at radius 2 is 2.19 bits per heavy atom. The fourth-order valence-electron chi connectivity index (χ4n) is 1.43. The predicted molar refractivity (Wildman–Crippen MR) is 66.4 cm³/mol. The van der Waals surface area contributed by atoms with Crippen molar-refractivity contribution in [3.8, 4) is 5.75 Å². The van der Waals surface area contributed by atoms with Crippen molar-refractivity contribution in [2.75, 3.05) is 7.11 Å². The van der Waals surface area contributed by atoms with Crippen LogP contribution in [-0.2, 0) is 0 Å². The highest BCUT2D eigenvalue weighted by Gasteiger charge is 2.13. The van der Waals surface area contributed by atoms with Crippen LogP contribution in [0.1, 0.15) is 16.5 Å². The second kappa shape index (κ2) is 4.87. The molecular formula is C12H11ClO2S. The van der Waals surface area contributed by atoms with Crippen molar-refractivity contribution in [2.24, 2.45) is 0 Å². The molecule has 1 heterocycles. The molecule has 0 aliphatic carbocycles. The van der Waals surface area contributed by atoms with Crippen LogP contribution in [0.15, 0.2) is 35.7 Å². The number of hydrogen-bond acceptors (Lipinski definition) is 3. The maximum absolute atomic E-state index is 10.1. The van der Waals surface area contributed by atoms with E-state index in [0.29, 0.717) is 5.02 Å². The number of benzene rings is 1. The number of methoxy groups -OCH3 is 1. The molecule has 0 saturated heterocycles. The molecule has 0 bridgehead atoms. The summed E-state index contributed by atoms with van der Waals surface area (Å²) in [7, 11) is 1.61. The van der Waals surface area contributed by atoms with E-state index in [0.717, 1.165) is 16.2 Å². The zero-order chi connectivity index (χ0) is 11.5. The molecule has 0 amide bonds. The van der Waals surface area contributed by atoms with E-state index in [2.05, 4.69) is 0 Å². The van der Waals surface area contributed by atoms with Gasteiger partial charge in [-0.25, -0.2) is 0 Å². The van der Waals surface area contributed by atoms with Crippen LogP contribution in [0.25, 0.3) is 0 Å². The van der Waals surface area contributed by atoms with E-state index in [4.69, 9.17) is 16.3 Å². The zero-order valence-electron chi connectivity index (χ0n) is 8.68. The molecule has 84 valence electrons. The van der Waals surface area contributed by atoms with Gasteiger partial charge in [-0.3, -0.25) is 0 Å². The van der Waals surface area contributed by atoms with Crippen molar-refractivity contribution in [1.82, 2.24) is 0 Å². The Morgan fingerprint density at radius 1 is 1.38 bits per heavy atom. The van der Waals surface area contributed by atoms with Crippen LogP contribution in [0.4, 0.5) is 0 Å². The molecule has 0 aliphatic rings. The first kappa shape index (κ1) is 11.5. The summed E-state index contributed by atoms with van der Waals surface area (Å²) in [6, 6.07) is 9.05. The first-order chi connectivity index (χ1) is 7.70. The van der Waals surface area contributed by atoms with Gasteiger partial charge in [0.25, 0.3) is 0 Å². The van der Waals surface area contributed by atoms with Gasteiger partial charge in [-0.1, -0.05) is 23.7 Å². The third-order valence-electron chi connectivity index (χ3n) is 2.27. The molecule has 0 aliphatic heterocycles. The summed E-state index contributed by atoms with van der Waals surface area (Å²) in [5, 5.41) is 12.6. The second-order valence-corrected chi connectivity index (χ2v) is 4.73. The number of hydrogen-bond donors (Lipinski definition) is 1. The summed E-state index contributed by atoms with van der Waals surface area (Å²) in [6.45, 7) is 0. The Labute approximate surface area is 103 Å². The molecule has 0 radical (unpaired) electrons. The van der Waals surface area contributed by atoms with Crippen molar-refractivity contribution in [3.63, 3.8) is 0 Å². The minimum atomic E-state index is -0.646. The lowest BCUT2D eigenvalue weighted by Gasteiger charge is -2.08. The Balaban J connectivity index is 2.27. The van der Waals surface area contributed by atoms with E-state index >= 15 is 0 Å². The van der Waals surface area contributed by atoms with Crippen LogP contribution in [0.5, 0.6) is 5.75 Å². The molecule has 0 fully saturated rings. The molecular weight excluding hydrogens is 244 g/mol. The smallest absolute Gasteiger partial charge is 0.129 e. The van der Waals surface area contributed by atoms with Crippen molar-refractivity contribution < 1.29 is 9.84 Å². The van der Waals surface area contributed by atoms with Gasteiger partial charge in [-0.05, 0) is 23.8 Å². The maximum atomic E-state index is 10.1. The summed E-state index contributed by atoms with van der Waals surface area (Å²) in [4.78, 5) is 0.846. The van der Waals surface area contributed by atoms with Gasteiger partial charge in [0.05, 0.1) is 7.11 Å². The molecule has 1 aromatic heterocycles. The summed E-state index contributed by atoms with van der Waals surface area (Å²) in [5.74, 6) is 0.765. The van der Waals surface area contributed by atoms with Crippen molar-refractivity contribution in [1.29, 1.82) is 0 Å². The Bertz CT molecular complexity index is 481. The monoisotopic (exact) mass is 254 g/mol. The first-order valence-electron chi connectivity index (χ1n) is 4.76. The van der Waals surface area contributed by atoms with Gasteiger partial charge in [0.2, 0.25) is 0 Å². The summed E-state index contributed by atoms with van der Waals surface area (Å²) >= 11 is 7.34. The summed E-state index contributed by atoms with van der Waals surface area (Å²) < 4.78 is 5.08. The van der Waals surface area contributed by atoms with Crippen molar-refractivity contribution in [2.45, 2.75) is 6.10 Å². The fraction of sp³-hybridized carbons (Fsp3) is 0.167. The standard InChI is InChI=1S/C12H11ClO2S/c1-15-10-6-11(16-7-10)12(14)8-3-2-4-9(13)5-8/h2-7,12,14H,1H3. The lowest BCUT2D eigenvalue weighted by atomic mass is 10.1. The molecule has 16 heavy (non-hydrogen) atoms. The molecule has 1 aromatic carbocycles. The summed E-state index contributed by atoms with van der Waals surface area (Å²) in [5.41, 5.74) is 0.789. The normalized spacial score (nSPS) is 12.4. The average Bonchev–Trinajstić information content (AvgIpc) is 2.76. The van der Waals surface area contributed by atoms with Crippen LogP contribution in [0.2, 0.25) is 5.02 Å². The molecule has 2 rings (SSSR count). The lowest BCUT2D eigenvalue weighted by Crippen LogP contribution is -1.96. The number of aliphatic hydroxyl groups is 1. The van der Waals surface area contributed by atoms with Crippen LogP contribution in [0, 0.1) is 0 Å². The van der Waals surface area contributed by atoms with Gasteiger partial charge in [-0.2, -0.15) is 0 Å². The second-order valence-electron chi connectivity index (χ2n) is 3.35. The third kappa shape index (κ3) is 2.38. The minimum absolute atomic E-state index is 0.625. The Hall–Kier alpha value is -1.03. The van der Waals surface area contributed by atoms with E-state index in [1.54, 1.807) is 19.2 Å². The van der Waals surface area contributed by atoms with E-state index in [1.165, 1.54) is 11.3 Å². The van der Waals surface area contributed by atoms with Crippen LogP contribution >= 0.6 is 22.9 Å². The highest BCUT2D eigenvalue weighted by Crippen LogP contribution is 2.31. The third-order valence-corrected chi connectivity index (χ3v) is 3.46. The lowest BCUT2D eigenvalue weighted by molar-refractivity contribution is 0.224. The molecule has 4 heteroatoms. The fourth-order valence-corrected chi connectivity index (χ4v) is 2.49. The zero-order valence-corrected chi connectivity index (χ0v) is 10.3. The molecule has 2 aromatic rings. The Morgan fingerprint density at radius 3 is 2.81 bits per heavy atom. The SMILES string of the molecule is COc1csc(C(O)c2cccc(Cl)c2)c1. The largest absolute Gasteiger partial charge is 0.496 e. The van der Waals surface area contributed by atoms with Gasteiger partial charge in [0.1, 0.15) is 11.9 Å². The van der Waals surface area contributed by atoms with Crippen molar-refractivity contribution >= 4 is 22.9 Å². The average molecular weight is 255 g/mol. The van der Waals surface area contributed by atoms with Crippen LogP contribution in [-0.4, -0.2) is 12.2 Å². The van der Waals surface area contributed by atoms with Gasteiger partial charge < -0.3 is 9.84 Å². The molecule has 1 N–H and O–H groups in total.